The number of amides is 2. The van der Waals surface area contributed by atoms with Crippen molar-refractivity contribution in [3.63, 3.8) is 0 Å². The molecule has 0 spiro atoms. The fourth-order valence-corrected chi connectivity index (χ4v) is 2.15. The van der Waals surface area contributed by atoms with Crippen LogP contribution in [0.3, 0.4) is 0 Å². The van der Waals surface area contributed by atoms with Crippen LogP contribution in [0.4, 0.5) is 4.79 Å². The van der Waals surface area contributed by atoms with Crippen molar-refractivity contribution in [3.05, 3.63) is 66.0 Å². The van der Waals surface area contributed by atoms with Gasteiger partial charge in [0.15, 0.2) is 0 Å². The molecule has 0 unspecified atom stereocenters. The van der Waals surface area contributed by atoms with Gasteiger partial charge in [-0.05, 0) is 23.6 Å². The molecule has 0 bridgehead atoms. The van der Waals surface area contributed by atoms with Crippen molar-refractivity contribution in [1.82, 2.24) is 15.2 Å². The number of nitrogens with one attached hydrogen (secondary N) is 1. The molecule has 0 aliphatic carbocycles. The van der Waals surface area contributed by atoms with Crippen LogP contribution >= 0.6 is 0 Å². The van der Waals surface area contributed by atoms with Crippen LogP contribution in [0.25, 0.3) is 0 Å². The number of benzene rings is 1. The Morgan fingerprint density at radius 1 is 1.14 bits per heavy atom. The summed E-state index contributed by atoms with van der Waals surface area (Å²) in [5.41, 5.74) is 2.12. The minimum Gasteiger partial charge on any atom is -0.395 e. The lowest BCUT2D eigenvalue weighted by Crippen LogP contribution is -2.41. The minimum atomic E-state index is -0.165. The highest BCUT2D eigenvalue weighted by Crippen LogP contribution is 2.04. The second kappa shape index (κ2) is 8.79. The molecule has 0 aliphatic rings. The SMILES string of the molecule is O=C(NCCc1cccnc1)N(CCO)Cc1ccccc1. The van der Waals surface area contributed by atoms with E-state index in [1.807, 2.05) is 42.5 Å². The number of aliphatic hydroxyl groups excluding tert-OH is 1. The lowest BCUT2D eigenvalue weighted by molar-refractivity contribution is 0.174. The summed E-state index contributed by atoms with van der Waals surface area (Å²) in [7, 11) is 0. The van der Waals surface area contributed by atoms with Crippen molar-refractivity contribution < 1.29 is 9.90 Å². The second-order valence-electron chi connectivity index (χ2n) is 4.97. The molecule has 1 heterocycles. The van der Waals surface area contributed by atoms with E-state index in [1.165, 1.54) is 0 Å². The van der Waals surface area contributed by atoms with Gasteiger partial charge in [-0.15, -0.1) is 0 Å². The van der Waals surface area contributed by atoms with Crippen LogP contribution < -0.4 is 5.32 Å². The van der Waals surface area contributed by atoms with Gasteiger partial charge >= 0.3 is 6.03 Å². The summed E-state index contributed by atoms with van der Waals surface area (Å²) in [6.45, 7) is 1.29. The van der Waals surface area contributed by atoms with E-state index in [-0.39, 0.29) is 12.6 Å². The van der Waals surface area contributed by atoms with Crippen LogP contribution in [-0.4, -0.2) is 40.7 Å². The molecule has 116 valence electrons. The van der Waals surface area contributed by atoms with Gasteiger partial charge in [0.1, 0.15) is 0 Å². The summed E-state index contributed by atoms with van der Waals surface area (Å²) >= 11 is 0. The third-order valence-corrected chi connectivity index (χ3v) is 3.29. The summed E-state index contributed by atoms with van der Waals surface area (Å²) < 4.78 is 0. The summed E-state index contributed by atoms with van der Waals surface area (Å²) in [6.07, 6.45) is 4.25. The van der Waals surface area contributed by atoms with Gasteiger partial charge in [0.05, 0.1) is 6.61 Å². The molecule has 1 aromatic carbocycles. The van der Waals surface area contributed by atoms with Crippen molar-refractivity contribution in [3.8, 4) is 0 Å². The van der Waals surface area contributed by atoms with Crippen molar-refractivity contribution in [1.29, 1.82) is 0 Å². The Bertz CT molecular complexity index is 561. The first kappa shape index (κ1) is 16.0. The highest BCUT2D eigenvalue weighted by atomic mass is 16.3. The van der Waals surface area contributed by atoms with E-state index in [4.69, 9.17) is 5.11 Å². The van der Waals surface area contributed by atoms with Crippen LogP contribution in [0, 0.1) is 0 Å². The molecular formula is C17H21N3O2. The van der Waals surface area contributed by atoms with Crippen molar-refractivity contribution in [2.24, 2.45) is 0 Å². The van der Waals surface area contributed by atoms with Crippen LogP contribution in [-0.2, 0) is 13.0 Å². The number of pyridine rings is 1. The number of hydrogen-bond donors (Lipinski definition) is 2. The van der Waals surface area contributed by atoms with E-state index in [2.05, 4.69) is 10.3 Å². The molecule has 0 radical (unpaired) electrons. The molecule has 0 saturated carbocycles. The summed E-state index contributed by atoms with van der Waals surface area (Å²) in [4.78, 5) is 17.9. The first-order chi connectivity index (χ1) is 10.8. The topological polar surface area (TPSA) is 65.5 Å². The molecule has 0 aliphatic heterocycles. The zero-order valence-electron chi connectivity index (χ0n) is 12.5. The van der Waals surface area contributed by atoms with Gasteiger partial charge in [0.2, 0.25) is 0 Å². The Morgan fingerprint density at radius 2 is 1.91 bits per heavy atom. The van der Waals surface area contributed by atoms with Gasteiger partial charge in [-0.1, -0.05) is 36.4 Å². The molecule has 2 N–H and O–H groups in total. The minimum absolute atomic E-state index is 0.0527. The van der Waals surface area contributed by atoms with Crippen LogP contribution in [0.2, 0.25) is 0 Å². The molecule has 0 atom stereocenters. The Labute approximate surface area is 130 Å². The Balaban J connectivity index is 1.84. The third-order valence-electron chi connectivity index (χ3n) is 3.29. The first-order valence-electron chi connectivity index (χ1n) is 7.36. The number of carbonyl (C=O) groups is 1. The van der Waals surface area contributed by atoms with Crippen LogP contribution in [0.5, 0.6) is 0 Å². The average Bonchev–Trinajstić information content (AvgIpc) is 2.56. The second-order valence-corrected chi connectivity index (χ2v) is 4.97. The molecule has 0 fully saturated rings. The lowest BCUT2D eigenvalue weighted by atomic mass is 10.2. The van der Waals surface area contributed by atoms with E-state index in [0.717, 1.165) is 17.5 Å². The average molecular weight is 299 g/mol. The molecule has 0 saturated heterocycles. The normalized spacial score (nSPS) is 10.2. The predicted molar refractivity (Wildman–Crippen MR) is 85.3 cm³/mol. The fourth-order valence-electron chi connectivity index (χ4n) is 2.15. The zero-order chi connectivity index (χ0) is 15.6. The number of rotatable bonds is 7. The maximum absolute atomic E-state index is 12.2. The van der Waals surface area contributed by atoms with Gasteiger partial charge in [0, 0.05) is 32.0 Å². The van der Waals surface area contributed by atoms with Gasteiger partial charge in [0.25, 0.3) is 0 Å². The Hall–Kier alpha value is -2.40. The molecule has 1 aromatic heterocycles. The highest BCUT2D eigenvalue weighted by molar-refractivity contribution is 5.74. The standard InChI is InChI=1S/C17H21N3O2/c21-12-11-20(14-16-5-2-1-3-6-16)17(22)19-10-8-15-7-4-9-18-13-15/h1-7,9,13,21H,8,10-12,14H2,(H,19,22). The number of urea groups is 1. The van der Waals surface area contributed by atoms with Gasteiger partial charge in [-0.25, -0.2) is 4.79 Å². The maximum Gasteiger partial charge on any atom is 0.317 e. The van der Waals surface area contributed by atoms with Crippen molar-refractivity contribution in [2.45, 2.75) is 13.0 Å². The number of carbonyl (C=O) groups excluding carboxylic acids is 1. The maximum atomic E-state index is 12.2. The van der Waals surface area contributed by atoms with Gasteiger partial charge in [-0.2, -0.15) is 0 Å². The molecule has 2 amide bonds. The van der Waals surface area contributed by atoms with Gasteiger partial charge in [-0.3, -0.25) is 4.98 Å². The molecule has 2 aromatic rings. The monoisotopic (exact) mass is 299 g/mol. The summed E-state index contributed by atoms with van der Waals surface area (Å²) in [5.74, 6) is 0. The Kier molecular flexibility index (Phi) is 6.39. The molecule has 22 heavy (non-hydrogen) atoms. The predicted octanol–water partition coefficient (Wildman–Crippen LogP) is 1.83. The van der Waals surface area contributed by atoms with Crippen molar-refractivity contribution in [2.75, 3.05) is 19.7 Å². The zero-order valence-corrected chi connectivity index (χ0v) is 12.5. The Morgan fingerprint density at radius 3 is 2.59 bits per heavy atom. The lowest BCUT2D eigenvalue weighted by Gasteiger charge is -2.22. The molecule has 5 nitrogen and oxygen atoms in total. The van der Waals surface area contributed by atoms with E-state index >= 15 is 0 Å². The molecule has 2 rings (SSSR count). The van der Waals surface area contributed by atoms with E-state index in [9.17, 15) is 4.79 Å². The number of aliphatic hydroxyl groups is 1. The quantitative estimate of drug-likeness (QED) is 0.820. The third kappa shape index (κ3) is 5.18. The number of aromatic nitrogens is 1. The van der Waals surface area contributed by atoms with Gasteiger partial charge < -0.3 is 15.3 Å². The number of nitrogens with zero attached hydrogens (tertiary/aromatic N) is 2. The van der Waals surface area contributed by atoms with Crippen LogP contribution in [0.1, 0.15) is 11.1 Å². The number of hydrogen-bond acceptors (Lipinski definition) is 3. The smallest absolute Gasteiger partial charge is 0.317 e. The largest absolute Gasteiger partial charge is 0.395 e. The van der Waals surface area contributed by atoms with Crippen molar-refractivity contribution >= 4 is 6.03 Å². The molecule has 5 heteroatoms. The van der Waals surface area contributed by atoms with E-state index < -0.39 is 0 Å². The fraction of sp³-hybridized carbons (Fsp3) is 0.294. The summed E-state index contributed by atoms with van der Waals surface area (Å²) in [6, 6.07) is 13.4. The van der Waals surface area contributed by atoms with E-state index in [1.54, 1.807) is 17.3 Å². The van der Waals surface area contributed by atoms with Crippen LogP contribution in [0.15, 0.2) is 54.9 Å². The summed E-state index contributed by atoms with van der Waals surface area (Å²) in [5, 5.41) is 12.0. The molecular weight excluding hydrogens is 278 g/mol. The highest BCUT2D eigenvalue weighted by Gasteiger charge is 2.12. The van der Waals surface area contributed by atoms with E-state index in [0.29, 0.717) is 19.6 Å². The first-order valence-corrected chi connectivity index (χ1v) is 7.36.